The van der Waals surface area contributed by atoms with Crippen LogP contribution in [0.1, 0.15) is 59.0 Å². The molecule has 1 N–H and O–H groups in total. The Morgan fingerprint density at radius 1 is 1.25 bits per heavy atom. The summed E-state index contributed by atoms with van der Waals surface area (Å²) in [6, 6.07) is 10.7. The average molecular weight is 328 g/mol. The van der Waals surface area contributed by atoms with E-state index in [2.05, 4.69) is 6.92 Å². The smallest absolute Gasteiger partial charge is 0.341 e. The summed E-state index contributed by atoms with van der Waals surface area (Å²) in [4.78, 5) is 12.0. The number of ether oxygens (including phenoxy) is 1. The Labute approximate surface area is 141 Å². The van der Waals surface area contributed by atoms with Crippen LogP contribution in [0.5, 0.6) is 0 Å². The molecule has 0 aliphatic carbocycles. The fourth-order valence-corrected chi connectivity index (χ4v) is 3.16. The molecule has 1 aliphatic heterocycles. The van der Waals surface area contributed by atoms with Crippen molar-refractivity contribution in [2.24, 2.45) is 0 Å². The number of fused-ring (bicyclic) bond motifs is 1. The van der Waals surface area contributed by atoms with Gasteiger partial charge in [0, 0.05) is 12.0 Å². The van der Waals surface area contributed by atoms with Gasteiger partial charge in [0.15, 0.2) is 0 Å². The van der Waals surface area contributed by atoms with Crippen molar-refractivity contribution in [3.63, 3.8) is 0 Å². The van der Waals surface area contributed by atoms with Gasteiger partial charge in [0.1, 0.15) is 18.0 Å². The van der Waals surface area contributed by atoms with Gasteiger partial charge < -0.3 is 9.84 Å². The Balaban J connectivity index is 1.94. The molecule has 0 aromatic heterocycles. The summed E-state index contributed by atoms with van der Waals surface area (Å²) in [5.74, 6) is -1.34. The van der Waals surface area contributed by atoms with Gasteiger partial charge in [-0.1, -0.05) is 49.7 Å². The first kappa shape index (κ1) is 16.7. The lowest BCUT2D eigenvalue weighted by atomic mass is 9.92. The number of hydrogen-bond donors (Lipinski definition) is 1. The van der Waals surface area contributed by atoms with Gasteiger partial charge in [-0.25, -0.2) is 9.18 Å². The number of carbonyl (C=O) groups is 1. The minimum atomic E-state index is -1.11. The molecular weight excluding hydrogens is 307 g/mol. The van der Waals surface area contributed by atoms with Crippen LogP contribution in [0.15, 0.2) is 36.4 Å². The predicted molar refractivity (Wildman–Crippen MR) is 89.5 cm³/mol. The third-order valence-electron chi connectivity index (χ3n) is 4.41. The Hall–Kier alpha value is -2.20. The molecule has 0 radical (unpaired) electrons. The van der Waals surface area contributed by atoms with Crippen LogP contribution in [0, 0.1) is 5.82 Å². The summed E-state index contributed by atoms with van der Waals surface area (Å²) in [7, 11) is 0. The maximum absolute atomic E-state index is 14.8. The molecule has 0 fully saturated rings. The zero-order chi connectivity index (χ0) is 17.3. The van der Waals surface area contributed by atoms with Crippen molar-refractivity contribution in [3.05, 3.63) is 70.0 Å². The van der Waals surface area contributed by atoms with Crippen LogP contribution in [-0.4, -0.2) is 17.2 Å². The second-order valence-electron chi connectivity index (χ2n) is 6.32. The van der Waals surface area contributed by atoms with Gasteiger partial charge >= 0.3 is 5.97 Å². The summed E-state index contributed by atoms with van der Waals surface area (Å²) in [5.41, 5.74) is 2.46. The van der Waals surface area contributed by atoms with Gasteiger partial charge in [-0.2, -0.15) is 0 Å². The first-order valence-corrected chi connectivity index (χ1v) is 8.30. The summed E-state index contributed by atoms with van der Waals surface area (Å²) in [5, 5.41) is 10.5. The van der Waals surface area contributed by atoms with Crippen molar-refractivity contribution in [2.75, 3.05) is 0 Å². The summed E-state index contributed by atoms with van der Waals surface area (Å²) >= 11 is 0. The van der Waals surface area contributed by atoms with Crippen LogP contribution < -0.4 is 0 Å². The van der Waals surface area contributed by atoms with Gasteiger partial charge in [-0.15, -0.1) is 0 Å². The van der Waals surface area contributed by atoms with E-state index < -0.39 is 17.9 Å². The van der Waals surface area contributed by atoms with E-state index in [0.717, 1.165) is 12.8 Å². The van der Waals surface area contributed by atoms with E-state index in [0.29, 0.717) is 17.5 Å². The van der Waals surface area contributed by atoms with E-state index >= 15 is 0 Å². The van der Waals surface area contributed by atoms with Crippen LogP contribution in [0.2, 0.25) is 0 Å². The molecule has 2 unspecified atom stereocenters. The van der Waals surface area contributed by atoms with Crippen LogP contribution in [-0.2, 0) is 17.6 Å². The minimum absolute atomic E-state index is 0.0488. The van der Waals surface area contributed by atoms with Crippen molar-refractivity contribution in [1.29, 1.82) is 0 Å². The Bertz CT molecular complexity index is 752. The molecule has 3 rings (SSSR count). The molecule has 0 amide bonds. The first-order valence-electron chi connectivity index (χ1n) is 8.30. The van der Waals surface area contributed by atoms with Crippen LogP contribution in [0.25, 0.3) is 0 Å². The lowest BCUT2D eigenvalue weighted by Crippen LogP contribution is -2.27. The average Bonchev–Trinajstić information content (AvgIpc) is 2.55. The Kier molecular flexibility index (Phi) is 4.67. The number of halogens is 1. The largest absolute Gasteiger partial charge is 0.459 e. The molecule has 24 heavy (non-hydrogen) atoms. The lowest BCUT2D eigenvalue weighted by Gasteiger charge is -2.24. The van der Waals surface area contributed by atoms with Crippen molar-refractivity contribution in [3.8, 4) is 0 Å². The molecule has 0 saturated carbocycles. The molecule has 3 nitrogen and oxygen atoms in total. The van der Waals surface area contributed by atoms with E-state index in [1.807, 2.05) is 12.1 Å². The number of aryl methyl sites for hydroxylation is 1. The van der Waals surface area contributed by atoms with Crippen LogP contribution >= 0.6 is 0 Å². The summed E-state index contributed by atoms with van der Waals surface area (Å²) in [6.07, 6.45) is 1.12. The minimum Gasteiger partial charge on any atom is -0.459 e. The number of carbonyl (C=O) groups excluding carboxylic acids is 1. The highest BCUT2D eigenvalue weighted by Crippen LogP contribution is 2.31. The van der Waals surface area contributed by atoms with Gasteiger partial charge in [0.05, 0.1) is 5.56 Å². The summed E-state index contributed by atoms with van der Waals surface area (Å²) in [6.45, 7) is 3.88. The topological polar surface area (TPSA) is 46.5 Å². The third-order valence-corrected chi connectivity index (χ3v) is 4.41. The maximum Gasteiger partial charge on any atom is 0.341 e. The third kappa shape index (κ3) is 3.06. The standard InChI is InChI=1S/C20H21FO3/c1-3-4-13-5-7-14(8-6-13)19(22)16-10-9-15-11-12(2)24-20(23)17(15)18(16)21/h5-10,12,19,22H,3-4,11H2,1-2H3. The number of aliphatic hydroxyl groups is 1. The molecule has 0 bridgehead atoms. The van der Waals surface area contributed by atoms with Crippen LogP contribution in [0.3, 0.4) is 0 Å². The molecule has 2 aromatic carbocycles. The Morgan fingerprint density at radius 2 is 1.96 bits per heavy atom. The van der Waals surface area contributed by atoms with Crippen molar-refractivity contribution in [1.82, 2.24) is 0 Å². The number of cyclic esters (lactones) is 1. The van der Waals surface area contributed by atoms with E-state index in [1.165, 1.54) is 5.56 Å². The van der Waals surface area contributed by atoms with Gasteiger partial charge in [-0.05, 0) is 30.0 Å². The number of rotatable bonds is 4. The number of hydrogen-bond acceptors (Lipinski definition) is 3. The molecule has 126 valence electrons. The second kappa shape index (κ2) is 6.73. The lowest BCUT2D eigenvalue weighted by molar-refractivity contribution is 0.0293. The molecular formula is C20H21FO3. The van der Waals surface area contributed by atoms with E-state index in [1.54, 1.807) is 31.2 Å². The van der Waals surface area contributed by atoms with Gasteiger partial charge in [0.2, 0.25) is 0 Å². The molecule has 2 aromatic rings. The first-order chi connectivity index (χ1) is 11.5. The van der Waals surface area contributed by atoms with Gasteiger partial charge in [0.25, 0.3) is 0 Å². The zero-order valence-electron chi connectivity index (χ0n) is 13.9. The van der Waals surface area contributed by atoms with Crippen LogP contribution in [0.4, 0.5) is 4.39 Å². The maximum atomic E-state index is 14.8. The summed E-state index contributed by atoms with van der Waals surface area (Å²) < 4.78 is 19.9. The van der Waals surface area contributed by atoms with E-state index in [4.69, 9.17) is 4.74 Å². The highest BCUT2D eigenvalue weighted by atomic mass is 19.1. The van der Waals surface area contributed by atoms with Crippen molar-refractivity contribution in [2.45, 2.75) is 45.3 Å². The van der Waals surface area contributed by atoms with Crippen molar-refractivity contribution < 1.29 is 19.0 Å². The predicted octanol–water partition coefficient (Wildman–Crippen LogP) is 3.96. The molecule has 4 heteroatoms. The number of esters is 1. The highest BCUT2D eigenvalue weighted by Gasteiger charge is 2.30. The Morgan fingerprint density at radius 3 is 2.62 bits per heavy atom. The van der Waals surface area contributed by atoms with Crippen molar-refractivity contribution >= 4 is 5.97 Å². The fraction of sp³-hybridized carbons (Fsp3) is 0.350. The second-order valence-corrected chi connectivity index (χ2v) is 6.32. The number of aliphatic hydroxyl groups excluding tert-OH is 1. The fourth-order valence-electron chi connectivity index (χ4n) is 3.16. The molecule has 1 aliphatic rings. The normalized spacial score (nSPS) is 18.0. The van der Waals surface area contributed by atoms with E-state index in [9.17, 15) is 14.3 Å². The monoisotopic (exact) mass is 328 g/mol. The molecule has 1 heterocycles. The zero-order valence-corrected chi connectivity index (χ0v) is 13.9. The highest BCUT2D eigenvalue weighted by molar-refractivity contribution is 5.92. The van der Waals surface area contributed by atoms with E-state index in [-0.39, 0.29) is 17.2 Å². The molecule has 0 saturated heterocycles. The SMILES string of the molecule is CCCc1ccc(C(O)c2ccc3c(c2F)C(=O)OC(C)C3)cc1. The molecule has 0 spiro atoms. The molecule has 2 atom stereocenters. The number of benzene rings is 2. The quantitative estimate of drug-likeness (QED) is 0.864. The van der Waals surface area contributed by atoms with Gasteiger partial charge in [-0.3, -0.25) is 0 Å².